The minimum atomic E-state index is -0.257. The molecule has 1 heterocycles. The molecule has 4 heteroatoms. The molecule has 0 aliphatic heterocycles. The Labute approximate surface area is 159 Å². The molecule has 1 amide bonds. The Morgan fingerprint density at radius 2 is 1.62 bits per heavy atom. The van der Waals surface area contributed by atoms with Crippen LogP contribution < -0.4 is 0 Å². The zero-order chi connectivity index (χ0) is 18.2. The smallest absolute Gasteiger partial charge is 0.240 e. The van der Waals surface area contributed by atoms with E-state index in [4.69, 9.17) is 0 Å². The number of carbonyl (C=O) groups excluding carboxylic acids is 1. The molecular formula is C22H22N2OS. The van der Waals surface area contributed by atoms with E-state index in [0.29, 0.717) is 6.54 Å². The number of pyridine rings is 1. The van der Waals surface area contributed by atoms with Gasteiger partial charge in [-0.3, -0.25) is 9.78 Å². The molecule has 0 aliphatic carbocycles. The zero-order valence-corrected chi connectivity index (χ0v) is 15.6. The maximum atomic E-state index is 13.2. The molecule has 2 aromatic carbocycles. The van der Waals surface area contributed by atoms with E-state index < -0.39 is 0 Å². The largest absolute Gasteiger partial charge is 0.344 e. The number of likely N-dealkylation sites (N-methyl/N-ethyl adjacent to an activating group) is 1. The number of nitrogens with zero attached hydrogens (tertiary/aromatic N) is 2. The zero-order valence-electron chi connectivity index (χ0n) is 14.8. The second-order valence-corrected chi connectivity index (χ2v) is 7.23. The van der Waals surface area contributed by atoms with Crippen LogP contribution in [0.3, 0.4) is 0 Å². The fourth-order valence-corrected chi connectivity index (χ4v) is 3.82. The Morgan fingerprint density at radius 3 is 2.27 bits per heavy atom. The van der Waals surface area contributed by atoms with E-state index in [2.05, 4.69) is 4.98 Å². The second-order valence-electron chi connectivity index (χ2n) is 6.05. The maximum Gasteiger partial charge on any atom is 0.240 e. The Kier molecular flexibility index (Phi) is 6.45. The summed E-state index contributed by atoms with van der Waals surface area (Å²) in [7, 11) is 1.87. The van der Waals surface area contributed by atoms with Gasteiger partial charge in [0.25, 0.3) is 0 Å². The van der Waals surface area contributed by atoms with Gasteiger partial charge in [0, 0.05) is 36.8 Å². The Morgan fingerprint density at radius 1 is 0.962 bits per heavy atom. The van der Waals surface area contributed by atoms with Gasteiger partial charge in [-0.25, -0.2) is 0 Å². The van der Waals surface area contributed by atoms with Gasteiger partial charge in [0.15, 0.2) is 0 Å². The lowest BCUT2D eigenvalue weighted by atomic mass is 10.1. The maximum absolute atomic E-state index is 13.2. The predicted octanol–water partition coefficient (Wildman–Crippen LogP) is 4.62. The van der Waals surface area contributed by atoms with Crippen LogP contribution in [0.1, 0.15) is 16.5 Å². The van der Waals surface area contributed by atoms with Crippen LogP contribution >= 0.6 is 11.8 Å². The Bertz CT molecular complexity index is 809. The average Bonchev–Trinajstić information content (AvgIpc) is 2.72. The molecule has 1 atom stereocenters. The van der Waals surface area contributed by atoms with Crippen LogP contribution in [0.25, 0.3) is 0 Å². The monoisotopic (exact) mass is 362 g/mol. The summed E-state index contributed by atoms with van der Waals surface area (Å²) in [5.74, 6) is 0.112. The standard InChI is InChI=1S/C22H22N2OS/c1-24(17-15-19-12-8-9-16-23-19)22(25)21(18-10-4-2-5-11-18)26-20-13-6-3-7-14-20/h2-14,16,21H,15,17H2,1H3. The molecule has 0 fully saturated rings. The van der Waals surface area contributed by atoms with Gasteiger partial charge in [-0.2, -0.15) is 0 Å². The summed E-state index contributed by atoms with van der Waals surface area (Å²) >= 11 is 1.59. The third-order valence-corrected chi connectivity index (χ3v) is 5.38. The molecule has 0 spiro atoms. The van der Waals surface area contributed by atoms with Crippen molar-refractivity contribution in [3.8, 4) is 0 Å². The van der Waals surface area contributed by atoms with Crippen LogP contribution in [0, 0.1) is 0 Å². The summed E-state index contributed by atoms with van der Waals surface area (Å²) in [5.41, 5.74) is 2.02. The summed E-state index contributed by atoms with van der Waals surface area (Å²) < 4.78 is 0. The van der Waals surface area contributed by atoms with Crippen molar-refractivity contribution in [1.82, 2.24) is 9.88 Å². The Hall–Kier alpha value is -2.59. The normalized spacial score (nSPS) is 11.7. The fourth-order valence-electron chi connectivity index (χ4n) is 2.66. The minimum absolute atomic E-state index is 0.112. The summed E-state index contributed by atoms with van der Waals surface area (Å²) in [6.45, 7) is 0.647. The summed E-state index contributed by atoms with van der Waals surface area (Å²) in [6, 6.07) is 25.9. The van der Waals surface area contributed by atoms with Gasteiger partial charge in [0.05, 0.1) is 0 Å². The van der Waals surface area contributed by atoms with Gasteiger partial charge in [0.1, 0.15) is 5.25 Å². The van der Waals surface area contributed by atoms with E-state index in [0.717, 1.165) is 22.6 Å². The molecule has 1 aromatic heterocycles. The molecule has 3 rings (SSSR count). The molecule has 0 N–H and O–H groups in total. The van der Waals surface area contributed by atoms with Gasteiger partial charge >= 0.3 is 0 Å². The van der Waals surface area contributed by atoms with Crippen molar-refractivity contribution in [2.75, 3.05) is 13.6 Å². The van der Waals surface area contributed by atoms with E-state index in [1.54, 1.807) is 18.0 Å². The van der Waals surface area contributed by atoms with Crippen molar-refractivity contribution in [3.63, 3.8) is 0 Å². The first-order valence-corrected chi connectivity index (χ1v) is 9.53. The van der Waals surface area contributed by atoms with Crippen molar-refractivity contribution in [1.29, 1.82) is 0 Å². The lowest BCUT2D eigenvalue weighted by Crippen LogP contribution is -2.32. The summed E-state index contributed by atoms with van der Waals surface area (Å²) in [5, 5.41) is -0.257. The first-order valence-electron chi connectivity index (χ1n) is 8.65. The highest BCUT2D eigenvalue weighted by Gasteiger charge is 2.25. The number of amides is 1. The fraction of sp³-hybridized carbons (Fsp3) is 0.182. The minimum Gasteiger partial charge on any atom is -0.344 e. The number of thioether (sulfide) groups is 1. The van der Waals surface area contributed by atoms with Gasteiger partial charge in [-0.05, 0) is 29.8 Å². The van der Waals surface area contributed by atoms with Gasteiger partial charge in [0.2, 0.25) is 5.91 Å². The number of carbonyl (C=O) groups is 1. The Balaban J connectivity index is 1.73. The molecular weight excluding hydrogens is 340 g/mol. The van der Waals surface area contributed by atoms with E-state index in [1.165, 1.54) is 0 Å². The third kappa shape index (κ3) is 4.96. The highest BCUT2D eigenvalue weighted by molar-refractivity contribution is 8.00. The van der Waals surface area contributed by atoms with Crippen LogP contribution in [0.2, 0.25) is 0 Å². The molecule has 1 unspecified atom stereocenters. The second kappa shape index (κ2) is 9.20. The van der Waals surface area contributed by atoms with Crippen molar-refractivity contribution in [2.24, 2.45) is 0 Å². The van der Waals surface area contributed by atoms with Crippen molar-refractivity contribution in [2.45, 2.75) is 16.6 Å². The van der Waals surface area contributed by atoms with Gasteiger partial charge in [-0.1, -0.05) is 54.6 Å². The first kappa shape index (κ1) is 18.2. The highest BCUT2D eigenvalue weighted by atomic mass is 32.2. The molecule has 0 radical (unpaired) electrons. The lowest BCUT2D eigenvalue weighted by molar-refractivity contribution is -0.129. The molecule has 132 valence electrons. The number of hydrogen-bond acceptors (Lipinski definition) is 3. The number of benzene rings is 2. The predicted molar refractivity (Wildman–Crippen MR) is 107 cm³/mol. The molecule has 0 bridgehead atoms. The van der Waals surface area contributed by atoms with Crippen LogP contribution in [-0.4, -0.2) is 29.4 Å². The number of hydrogen-bond donors (Lipinski definition) is 0. The highest BCUT2D eigenvalue weighted by Crippen LogP contribution is 2.36. The molecule has 26 heavy (non-hydrogen) atoms. The van der Waals surface area contributed by atoms with Crippen LogP contribution in [0.5, 0.6) is 0 Å². The number of rotatable bonds is 7. The molecule has 3 aromatic rings. The van der Waals surface area contributed by atoms with E-state index in [9.17, 15) is 4.79 Å². The van der Waals surface area contributed by atoms with Crippen molar-refractivity contribution < 1.29 is 4.79 Å². The quantitative estimate of drug-likeness (QED) is 0.575. The average molecular weight is 362 g/mol. The topological polar surface area (TPSA) is 33.2 Å². The molecule has 0 saturated heterocycles. The summed E-state index contributed by atoms with van der Waals surface area (Å²) in [6.07, 6.45) is 2.54. The van der Waals surface area contributed by atoms with Gasteiger partial charge < -0.3 is 4.90 Å². The SMILES string of the molecule is CN(CCc1ccccn1)C(=O)C(Sc1ccccc1)c1ccccc1. The van der Waals surface area contributed by atoms with E-state index in [-0.39, 0.29) is 11.2 Å². The van der Waals surface area contributed by atoms with Crippen LogP contribution in [0.15, 0.2) is 90.0 Å². The first-order chi connectivity index (χ1) is 12.7. The van der Waals surface area contributed by atoms with Crippen LogP contribution in [-0.2, 0) is 11.2 Å². The molecule has 3 nitrogen and oxygen atoms in total. The van der Waals surface area contributed by atoms with Crippen molar-refractivity contribution >= 4 is 17.7 Å². The summed E-state index contributed by atoms with van der Waals surface area (Å²) in [4.78, 5) is 20.4. The third-order valence-electron chi connectivity index (χ3n) is 4.13. The van der Waals surface area contributed by atoms with Gasteiger partial charge in [-0.15, -0.1) is 11.8 Å². The molecule has 0 aliphatic rings. The lowest BCUT2D eigenvalue weighted by Gasteiger charge is -2.24. The van der Waals surface area contributed by atoms with E-state index >= 15 is 0 Å². The molecule has 0 saturated carbocycles. The van der Waals surface area contributed by atoms with E-state index in [1.807, 2.05) is 90.8 Å². The number of aromatic nitrogens is 1. The van der Waals surface area contributed by atoms with Crippen LogP contribution in [0.4, 0.5) is 0 Å². The van der Waals surface area contributed by atoms with Crippen molar-refractivity contribution in [3.05, 3.63) is 96.3 Å².